The predicted molar refractivity (Wildman–Crippen MR) is 106 cm³/mol. The topological polar surface area (TPSA) is 25.8 Å². The van der Waals surface area contributed by atoms with E-state index in [0.29, 0.717) is 0 Å². The van der Waals surface area contributed by atoms with Crippen LogP contribution >= 0.6 is 69.4 Å². The average Bonchev–Trinajstić information content (AvgIpc) is 3.09. The molecule has 2 aromatic carbocycles. The molecule has 0 atom stereocenters. The van der Waals surface area contributed by atoms with Crippen LogP contribution in [0.15, 0.2) is 45.1 Å². The van der Waals surface area contributed by atoms with Gasteiger partial charge in [-0.1, -0.05) is 46.7 Å². The largest absolute Gasteiger partial charge is 0.230 e. The lowest BCUT2D eigenvalue weighted by Gasteiger charge is -1.93. The van der Waals surface area contributed by atoms with Gasteiger partial charge in [0.05, 0.1) is 25.5 Å². The molecule has 0 fully saturated rings. The molecule has 0 aliphatic carbocycles. The fourth-order valence-corrected chi connectivity index (χ4v) is 7.20. The Morgan fingerprint density at radius 2 is 1.26 bits per heavy atom. The Morgan fingerprint density at radius 1 is 0.783 bits per heavy atom. The van der Waals surface area contributed by atoms with Gasteiger partial charge in [-0.15, -0.1) is 22.7 Å². The molecule has 2 aromatic heterocycles. The maximum absolute atomic E-state index is 6.01. The van der Waals surface area contributed by atoms with Gasteiger partial charge in [0.25, 0.3) is 0 Å². The minimum atomic E-state index is 0.750. The third-order valence-electron chi connectivity index (χ3n) is 3.03. The van der Waals surface area contributed by atoms with E-state index in [-0.39, 0.29) is 0 Å². The van der Waals surface area contributed by atoms with Gasteiger partial charge in [0.15, 0.2) is 8.68 Å². The van der Waals surface area contributed by atoms with Gasteiger partial charge in [0.1, 0.15) is 0 Å². The van der Waals surface area contributed by atoms with Gasteiger partial charge in [-0.05, 0) is 36.4 Å². The first kappa shape index (κ1) is 16.0. The molecule has 2 heterocycles. The molecule has 0 spiro atoms. The quantitative estimate of drug-likeness (QED) is 0.263. The van der Waals surface area contributed by atoms with Crippen molar-refractivity contribution in [3.05, 3.63) is 46.4 Å². The molecule has 0 aliphatic heterocycles. The molecule has 0 N–H and O–H groups in total. The summed E-state index contributed by atoms with van der Waals surface area (Å²) in [7, 11) is 0. The van der Waals surface area contributed by atoms with Gasteiger partial charge in [-0.25, -0.2) is 9.97 Å². The molecular weight excluding hydrogens is 407 g/mol. The monoisotopic (exact) mass is 414 g/mol. The van der Waals surface area contributed by atoms with Crippen LogP contribution in [0.2, 0.25) is 10.0 Å². The first-order valence-corrected chi connectivity index (χ1v) is 10.9. The zero-order chi connectivity index (χ0) is 15.8. The number of fused-ring (bicyclic) bond motifs is 2. The van der Waals surface area contributed by atoms with E-state index in [1.165, 1.54) is 0 Å². The summed E-state index contributed by atoms with van der Waals surface area (Å²) in [6, 6.07) is 11.6. The van der Waals surface area contributed by atoms with E-state index in [2.05, 4.69) is 9.97 Å². The van der Waals surface area contributed by atoms with Crippen LogP contribution in [0, 0.1) is 0 Å². The number of aromatic nitrogens is 2. The van der Waals surface area contributed by atoms with Gasteiger partial charge in [-0.2, -0.15) is 0 Å². The van der Waals surface area contributed by atoms with Crippen molar-refractivity contribution in [1.82, 2.24) is 9.97 Å². The molecule has 0 radical (unpaired) electrons. The molecule has 8 heteroatoms. The van der Waals surface area contributed by atoms with E-state index in [0.717, 1.165) is 44.2 Å². The fraction of sp³-hybridized carbons (Fsp3) is 0.0667. The highest BCUT2D eigenvalue weighted by molar-refractivity contribution is 8.17. The van der Waals surface area contributed by atoms with Crippen LogP contribution in [0.25, 0.3) is 20.4 Å². The smallest absolute Gasteiger partial charge is 0.151 e. The van der Waals surface area contributed by atoms with Gasteiger partial charge >= 0.3 is 0 Å². The summed E-state index contributed by atoms with van der Waals surface area (Å²) >= 11 is 18.8. The normalized spacial score (nSPS) is 11.6. The third kappa shape index (κ3) is 3.62. The molecule has 0 bridgehead atoms. The van der Waals surface area contributed by atoms with Crippen molar-refractivity contribution in [2.45, 2.75) is 8.68 Å². The molecule has 116 valence electrons. The zero-order valence-corrected chi connectivity index (χ0v) is 16.2. The van der Waals surface area contributed by atoms with Crippen LogP contribution in [0.3, 0.4) is 0 Å². The molecule has 0 amide bonds. The lowest BCUT2D eigenvalue weighted by atomic mass is 10.3. The van der Waals surface area contributed by atoms with Crippen molar-refractivity contribution < 1.29 is 0 Å². The Bertz CT molecular complexity index is 916. The minimum Gasteiger partial charge on any atom is -0.230 e. The molecule has 4 rings (SSSR count). The minimum absolute atomic E-state index is 0.750. The van der Waals surface area contributed by atoms with Crippen LogP contribution in [0.4, 0.5) is 0 Å². The summed E-state index contributed by atoms with van der Waals surface area (Å²) in [6.07, 6.45) is 0. The lowest BCUT2D eigenvalue weighted by molar-refractivity contribution is 1.30. The summed E-state index contributed by atoms with van der Waals surface area (Å²) in [6.45, 7) is 0. The summed E-state index contributed by atoms with van der Waals surface area (Å²) in [5, 5.41) is 2.38. The zero-order valence-electron chi connectivity index (χ0n) is 11.5. The predicted octanol–water partition coefficient (Wildman–Crippen LogP) is 7.05. The highest BCUT2D eigenvalue weighted by atomic mass is 35.5. The average molecular weight is 415 g/mol. The molecule has 0 saturated heterocycles. The van der Waals surface area contributed by atoms with Gasteiger partial charge in [-0.3, -0.25) is 0 Å². The number of thiazole rings is 2. The Balaban J connectivity index is 1.45. The second kappa shape index (κ2) is 6.78. The molecule has 0 unspecified atom stereocenters. The van der Waals surface area contributed by atoms with Crippen molar-refractivity contribution in [2.75, 3.05) is 5.08 Å². The SMILES string of the molecule is Clc1ccc2nc(SCSc3nc4ccc(Cl)cc4s3)sc2c1. The van der Waals surface area contributed by atoms with Crippen LogP contribution < -0.4 is 0 Å². The van der Waals surface area contributed by atoms with Crippen LogP contribution in [0.5, 0.6) is 0 Å². The van der Waals surface area contributed by atoms with E-state index < -0.39 is 0 Å². The highest BCUT2D eigenvalue weighted by Crippen LogP contribution is 2.37. The Kier molecular flexibility index (Phi) is 4.72. The number of rotatable bonds is 4. The van der Waals surface area contributed by atoms with E-state index in [4.69, 9.17) is 23.2 Å². The van der Waals surface area contributed by atoms with E-state index in [1.807, 2.05) is 36.4 Å². The summed E-state index contributed by atoms with van der Waals surface area (Å²) < 4.78 is 4.36. The van der Waals surface area contributed by atoms with Crippen molar-refractivity contribution in [3.63, 3.8) is 0 Å². The van der Waals surface area contributed by atoms with Crippen molar-refractivity contribution in [2.24, 2.45) is 0 Å². The number of thioether (sulfide) groups is 2. The standard InChI is InChI=1S/C15H8Cl2N2S4/c16-8-1-3-10-12(5-8)22-14(18-10)20-7-21-15-19-11-4-2-9(17)6-13(11)23-15/h1-6H,7H2. The van der Waals surface area contributed by atoms with Crippen LogP contribution in [-0.4, -0.2) is 15.1 Å². The second-order valence-corrected chi connectivity index (χ2v) is 10.3. The molecule has 0 saturated carbocycles. The van der Waals surface area contributed by atoms with Crippen LogP contribution in [-0.2, 0) is 0 Å². The number of hydrogen-bond donors (Lipinski definition) is 0. The van der Waals surface area contributed by atoms with E-state index >= 15 is 0 Å². The number of nitrogens with zero attached hydrogens (tertiary/aromatic N) is 2. The Morgan fingerprint density at radius 3 is 1.74 bits per heavy atom. The number of hydrogen-bond acceptors (Lipinski definition) is 6. The van der Waals surface area contributed by atoms with Crippen molar-refractivity contribution in [3.8, 4) is 0 Å². The maximum atomic E-state index is 6.01. The van der Waals surface area contributed by atoms with Gasteiger partial charge in [0.2, 0.25) is 0 Å². The first-order valence-electron chi connectivity index (χ1n) is 6.55. The molecule has 0 aliphatic rings. The first-order chi connectivity index (χ1) is 11.2. The van der Waals surface area contributed by atoms with Gasteiger partial charge in [0, 0.05) is 10.0 Å². The summed E-state index contributed by atoms with van der Waals surface area (Å²) in [4.78, 5) is 9.23. The summed E-state index contributed by atoms with van der Waals surface area (Å²) in [5.41, 5.74) is 2.00. The number of benzene rings is 2. The van der Waals surface area contributed by atoms with Crippen LogP contribution in [0.1, 0.15) is 0 Å². The molecular formula is C15H8Cl2N2S4. The Hall–Kier alpha value is -0.500. The second-order valence-electron chi connectivity index (χ2n) is 4.59. The van der Waals surface area contributed by atoms with Crippen molar-refractivity contribution in [1.29, 1.82) is 0 Å². The maximum Gasteiger partial charge on any atom is 0.151 e. The van der Waals surface area contributed by atoms with E-state index in [1.54, 1.807) is 46.2 Å². The molecule has 23 heavy (non-hydrogen) atoms. The Labute approximate surface area is 159 Å². The fourth-order valence-electron chi connectivity index (χ4n) is 2.01. The third-order valence-corrected chi connectivity index (χ3v) is 7.95. The summed E-state index contributed by atoms with van der Waals surface area (Å²) in [5.74, 6) is 0. The lowest BCUT2D eigenvalue weighted by Crippen LogP contribution is -1.73. The number of halogens is 2. The molecule has 4 aromatic rings. The van der Waals surface area contributed by atoms with Gasteiger partial charge < -0.3 is 0 Å². The van der Waals surface area contributed by atoms with Crippen molar-refractivity contribution >= 4 is 89.8 Å². The van der Waals surface area contributed by atoms with E-state index in [9.17, 15) is 0 Å². The molecule has 2 nitrogen and oxygen atoms in total. The highest BCUT2D eigenvalue weighted by Gasteiger charge is 2.08.